The van der Waals surface area contributed by atoms with Crippen LogP contribution >= 0.6 is 0 Å². The minimum absolute atomic E-state index is 0.156. The fraction of sp³-hybridized carbons (Fsp3) is 0.333. The fourth-order valence-electron chi connectivity index (χ4n) is 1.02. The second kappa shape index (κ2) is 4.09. The van der Waals surface area contributed by atoms with Crippen LogP contribution in [0.3, 0.4) is 0 Å². The lowest BCUT2D eigenvalue weighted by atomic mass is 10.1. The van der Waals surface area contributed by atoms with Crippen LogP contribution in [-0.4, -0.2) is 13.7 Å². The van der Waals surface area contributed by atoms with Gasteiger partial charge in [0.2, 0.25) is 0 Å². The van der Waals surface area contributed by atoms with Crippen molar-refractivity contribution in [2.24, 2.45) is 0 Å². The molecule has 1 aromatic carbocycles. The quantitative estimate of drug-likeness (QED) is 0.699. The second-order valence-corrected chi connectivity index (χ2v) is 2.41. The van der Waals surface area contributed by atoms with Gasteiger partial charge in [-0.15, -0.1) is 0 Å². The largest absolute Gasteiger partial charge is 0.311 e. The first-order chi connectivity index (χ1) is 5.38. The molecule has 0 aliphatic rings. The molecule has 1 rings (SSSR count). The smallest absolute Gasteiger partial charge is 0.109 e. The highest BCUT2D eigenvalue weighted by molar-refractivity contribution is 5.18. The van der Waals surface area contributed by atoms with Crippen molar-refractivity contribution in [1.29, 1.82) is 0 Å². The van der Waals surface area contributed by atoms with Gasteiger partial charge in [-0.25, -0.2) is 4.39 Å². The summed E-state index contributed by atoms with van der Waals surface area (Å²) in [5.41, 5.74) is 0.998. The van der Waals surface area contributed by atoms with Gasteiger partial charge in [-0.1, -0.05) is 30.3 Å². The van der Waals surface area contributed by atoms with Crippen molar-refractivity contribution in [3.63, 3.8) is 0 Å². The van der Waals surface area contributed by atoms with Gasteiger partial charge in [0.05, 0.1) is 6.04 Å². The van der Waals surface area contributed by atoms with Crippen molar-refractivity contribution in [1.82, 2.24) is 5.32 Å². The number of benzene rings is 1. The summed E-state index contributed by atoms with van der Waals surface area (Å²) >= 11 is 0. The Morgan fingerprint density at radius 3 is 2.45 bits per heavy atom. The van der Waals surface area contributed by atoms with E-state index in [1.54, 1.807) is 7.05 Å². The van der Waals surface area contributed by atoms with Gasteiger partial charge in [-0.3, -0.25) is 0 Å². The van der Waals surface area contributed by atoms with Gasteiger partial charge in [-0.05, 0) is 12.6 Å². The summed E-state index contributed by atoms with van der Waals surface area (Å²) in [7, 11) is 1.76. The average molecular weight is 153 g/mol. The van der Waals surface area contributed by atoms with Crippen LogP contribution in [0.2, 0.25) is 0 Å². The standard InChI is InChI=1S/C9H12FN/c1-11-9(7-10)8-5-3-2-4-6-8/h2-6,9,11H,7H2,1H3/t9-/m0/s1. The predicted octanol–water partition coefficient (Wildman–Crippen LogP) is 1.92. The van der Waals surface area contributed by atoms with Crippen LogP contribution in [0, 0.1) is 0 Å². The summed E-state index contributed by atoms with van der Waals surface area (Å²) in [6.07, 6.45) is 0. The molecule has 0 fully saturated rings. The zero-order chi connectivity index (χ0) is 8.10. The molecule has 2 heteroatoms. The highest BCUT2D eigenvalue weighted by atomic mass is 19.1. The Morgan fingerprint density at radius 1 is 1.36 bits per heavy atom. The molecule has 0 spiro atoms. The second-order valence-electron chi connectivity index (χ2n) is 2.41. The van der Waals surface area contributed by atoms with E-state index >= 15 is 0 Å². The van der Waals surface area contributed by atoms with Crippen molar-refractivity contribution >= 4 is 0 Å². The molecule has 0 saturated heterocycles. The van der Waals surface area contributed by atoms with Gasteiger partial charge in [-0.2, -0.15) is 0 Å². The number of hydrogen-bond acceptors (Lipinski definition) is 1. The SMILES string of the molecule is CN[C@@H](CF)c1ccccc1. The van der Waals surface area contributed by atoms with E-state index in [0.29, 0.717) is 0 Å². The van der Waals surface area contributed by atoms with E-state index in [9.17, 15) is 4.39 Å². The molecule has 0 aliphatic carbocycles. The molecule has 0 aliphatic heterocycles. The van der Waals surface area contributed by atoms with Gasteiger partial charge >= 0.3 is 0 Å². The van der Waals surface area contributed by atoms with Crippen LogP contribution in [0.25, 0.3) is 0 Å². The van der Waals surface area contributed by atoms with Crippen LogP contribution in [0.1, 0.15) is 11.6 Å². The number of alkyl halides is 1. The number of hydrogen-bond donors (Lipinski definition) is 1. The molecule has 1 aromatic rings. The normalized spacial score (nSPS) is 12.9. The third-order valence-electron chi connectivity index (χ3n) is 1.70. The summed E-state index contributed by atoms with van der Waals surface area (Å²) in [4.78, 5) is 0. The maximum absolute atomic E-state index is 12.3. The van der Waals surface area contributed by atoms with Crippen LogP contribution < -0.4 is 5.32 Å². The zero-order valence-corrected chi connectivity index (χ0v) is 6.55. The van der Waals surface area contributed by atoms with Crippen LogP contribution in [0.5, 0.6) is 0 Å². The van der Waals surface area contributed by atoms with Gasteiger partial charge in [0, 0.05) is 0 Å². The topological polar surface area (TPSA) is 12.0 Å². The van der Waals surface area contributed by atoms with E-state index in [-0.39, 0.29) is 12.7 Å². The van der Waals surface area contributed by atoms with Crippen molar-refractivity contribution in [3.05, 3.63) is 35.9 Å². The lowest BCUT2D eigenvalue weighted by molar-refractivity contribution is 0.400. The Kier molecular flexibility index (Phi) is 3.05. The van der Waals surface area contributed by atoms with E-state index in [1.807, 2.05) is 30.3 Å². The van der Waals surface area contributed by atoms with Gasteiger partial charge in [0.1, 0.15) is 6.67 Å². The number of halogens is 1. The van der Waals surface area contributed by atoms with Crippen molar-refractivity contribution in [2.45, 2.75) is 6.04 Å². The molecule has 0 saturated carbocycles. The minimum Gasteiger partial charge on any atom is -0.311 e. The molecule has 0 bridgehead atoms. The highest BCUT2D eigenvalue weighted by Crippen LogP contribution is 2.11. The Labute approximate surface area is 66.2 Å². The molecule has 1 atom stereocenters. The Morgan fingerprint density at radius 2 is 2.00 bits per heavy atom. The number of nitrogens with one attached hydrogen (secondary N) is 1. The average Bonchev–Trinajstić information content (AvgIpc) is 2.09. The van der Waals surface area contributed by atoms with Crippen molar-refractivity contribution in [3.8, 4) is 0 Å². The van der Waals surface area contributed by atoms with E-state index < -0.39 is 0 Å². The van der Waals surface area contributed by atoms with Crippen molar-refractivity contribution in [2.75, 3.05) is 13.7 Å². The fourth-order valence-corrected chi connectivity index (χ4v) is 1.02. The predicted molar refractivity (Wildman–Crippen MR) is 44.2 cm³/mol. The first kappa shape index (κ1) is 8.21. The number of rotatable bonds is 3. The van der Waals surface area contributed by atoms with Crippen LogP contribution in [-0.2, 0) is 0 Å². The molecule has 11 heavy (non-hydrogen) atoms. The lowest BCUT2D eigenvalue weighted by Crippen LogP contribution is -2.17. The summed E-state index contributed by atoms with van der Waals surface area (Å²) in [5, 5.41) is 2.89. The van der Waals surface area contributed by atoms with E-state index in [4.69, 9.17) is 0 Å². The zero-order valence-electron chi connectivity index (χ0n) is 6.55. The molecule has 1 nitrogen and oxygen atoms in total. The van der Waals surface area contributed by atoms with Gasteiger partial charge < -0.3 is 5.32 Å². The molecule has 0 amide bonds. The molecule has 0 radical (unpaired) electrons. The summed E-state index contributed by atoms with van der Waals surface area (Å²) in [6, 6.07) is 9.43. The van der Waals surface area contributed by atoms with Gasteiger partial charge in [0.25, 0.3) is 0 Å². The molecule has 0 aromatic heterocycles. The van der Waals surface area contributed by atoms with Crippen LogP contribution in [0.4, 0.5) is 4.39 Å². The molecular weight excluding hydrogens is 141 g/mol. The third-order valence-corrected chi connectivity index (χ3v) is 1.70. The third kappa shape index (κ3) is 2.02. The summed E-state index contributed by atoms with van der Waals surface area (Å²) in [6.45, 7) is -0.361. The van der Waals surface area contributed by atoms with Crippen LogP contribution in [0.15, 0.2) is 30.3 Å². The van der Waals surface area contributed by atoms with Gasteiger partial charge in [0.15, 0.2) is 0 Å². The molecule has 60 valence electrons. The summed E-state index contributed by atoms with van der Waals surface area (Å²) in [5.74, 6) is 0. The maximum Gasteiger partial charge on any atom is 0.109 e. The molecule has 1 N–H and O–H groups in total. The maximum atomic E-state index is 12.3. The van der Waals surface area contributed by atoms with Crippen molar-refractivity contribution < 1.29 is 4.39 Å². The summed E-state index contributed by atoms with van der Waals surface area (Å²) < 4.78 is 12.3. The van der Waals surface area contributed by atoms with E-state index in [2.05, 4.69) is 5.32 Å². The molecular formula is C9H12FN. The first-order valence-corrected chi connectivity index (χ1v) is 3.66. The lowest BCUT2D eigenvalue weighted by Gasteiger charge is -2.11. The van der Waals surface area contributed by atoms with E-state index in [0.717, 1.165) is 5.56 Å². The highest BCUT2D eigenvalue weighted by Gasteiger charge is 2.05. The minimum atomic E-state index is -0.361. The Balaban J connectivity index is 2.74. The molecule has 0 unspecified atom stereocenters. The first-order valence-electron chi connectivity index (χ1n) is 3.66. The van der Waals surface area contributed by atoms with E-state index in [1.165, 1.54) is 0 Å². The monoisotopic (exact) mass is 153 g/mol. The Hall–Kier alpha value is -0.890. The Bertz CT molecular complexity index is 194. The molecule has 0 heterocycles.